The summed E-state index contributed by atoms with van der Waals surface area (Å²) in [5.41, 5.74) is -0.0863. The number of aliphatic hydroxyl groups is 1. The van der Waals surface area contributed by atoms with Crippen molar-refractivity contribution >= 4 is 6.09 Å². The highest BCUT2D eigenvalue weighted by molar-refractivity contribution is 5.69. The molecule has 1 spiro atoms. The first-order valence-electron chi connectivity index (χ1n) is 6.92. The third-order valence-corrected chi connectivity index (χ3v) is 4.13. The molecule has 1 aliphatic heterocycles. The molecule has 0 unspecified atom stereocenters. The second-order valence-corrected chi connectivity index (χ2v) is 6.96. The Kier molecular flexibility index (Phi) is 3.58. The lowest BCUT2D eigenvalue weighted by atomic mass is 9.66. The maximum atomic E-state index is 11.9. The number of hydrogen-bond acceptors (Lipinski definition) is 3. The molecule has 2 fully saturated rings. The molecule has 104 valence electrons. The molecule has 4 heteroatoms. The largest absolute Gasteiger partial charge is 0.444 e. The molecule has 1 heterocycles. The molecular formula is C14H25NO3. The number of nitrogens with zero attached hydrogens (tertiary/aromatic N) is 1. The van der Waals surface area contributed by atoms with Crippen molar-refractivity contribution in [2.75, 3.05) is 19.7 Å². The molecular weight excluding hydrogens is 230 g/mol. The molecule has 1 aliphatic carbocycles. The molecule has 0 aromatic carbocycles. The topological polar surface area (TPSA) is 49.8 Å². The molecule has 0 atom stereocenters. The smallest absolute Gasteiger partial charge is 0.410 e. The highest BCUT2D eigenvalue weighted by Crippen LogP contribution is 2.45. The SMILES string of the molecule is CC(C)(C)OC(=O)N1CC2(CCC(CO)CC2)C1. The zero-order valence-corrected chi connectivity index (χ0v) is 11.7. The van der Waals surface area contributed by atoms with E-state index in [2.05, 4.69) is 0 Å². The first kappa shape index (κ1) is 13.7. The summed E-state index contributed by atoms with van der Waals surface area (Å²) in [5.74, 6) is 0.478. The molecule has 0 aromatic rings. The van der Waals surface area contributed by atoms with Crippen LogP contribution in [-0.2, 0) is 4.74 Å². The lowest BCUT2D eigenvalue weighted by Crippen LogP contribution is -2.60. The minimum absolute atomic E-state index is 0.183. The van der Waals surface area contributed by atoms with Gasteiger partial charge in [-0.2, -0.15) is 0 Å². The van der Waals surface area contributed by atoms with Crippen molar-refractivity contribution in [2.24, 2.45) is 11.3 Å². The van der Waals surface area contributed by atoms with Gasteiger partial charge in [0.2, 0.25) is 0 Å². The van der Waals surface area contributed by atoms with Gasteiger partial charge in [-0.05, 0) is 52.4 Å². The summed E-state index contributed by atoms with van der Waals surface area (Å²) >= 11 is 0. The molecule has 0 radical (unpaired) electrons. The van der Waals surface area contributed by atoms with Gasteiger partial charge in [0.25, 0.3) is 0 Å². The van der Waals surface area contributed by atoms with Crippen LogP contribution in [0.2, 0.25) is 0 Å². The molecule has 0 aromatic heterocycles. The van der Waals surface area contributed by atoms with Gasteiger partial charge in [-0.15, -0.1) is 0 Å². The summed E-state index contributed by atoms with van der Waals surface area (Å²) in [6.45, 7) is 7.67. The maximum Gasteiger partial charge on any atom is 0.410 e. The van der Waals surface area contributed by atoms with E-state index in [1.165, 1.54) is 0 Å². The van der Waals surface area contributed by atoms with Crippen molar-refractivity contribution in [1.29, 1.82) is 0 Å². The Morgan fingerprint density at radius 3 is 2.33 bits per heavy atom. The van der Waals surface area contributed by atoms with Gasteiger partial charge in [0, 0.05) is 25.1 Å². The standard InChI is InChI=1S/C14H25NO3/c1-13(2,3)18-12(17)15-9-14(10-15)6-4-11(8-16)5-7-14/h11,16H,4-10H2,1-3H3. The highest BCUT2D eigenvalue weighted by atomic mass is 16.6. The average molecular weight is 255 g/mol. The lowest BCUT2D eigenvalue weighted by Gasteiger charge is -2.53. The van der Waals surface area contributed by atoms with Gasteiger partial charge in [-0.3, -0.25) is 0 Å². The molecule has 4 nitrogen and oxygen atoms in total. The van der Waals surface area contributed by atoms with Gasteiger partial charge in [0.05, 0.1) is 0 Å². The predicted octanol–water partition coefficient (Wildman–Crippen LogP) is 2.41. The normalized spacial score (nSPS) is 23.9. The number of aliphatic hydroxyl groups excluding tert-OH is 1. The molecule has 1 saturated carbocycles. The van der Waals surface area contributed by atoms with Crippen LogP contribution >= 0.6 is 0 Å². The number of ether oxygens (including phenoxy) is 1. The van der Waals surface area contributed by atoms with Crippen LogP contribution in [0.1, 0.15) is 46.5 Å². The summed E-state index contributed by atoms with van der Waals surface area (Å²) in [4.78, 5) is 13.7. The zero-order chi connectivity index (χ0) is 13.4. The molecule has 2 aliphatic rings. The number of hydrogen-bond donors (Lipinski definition) is 1. The first-order chi connectivity index (χ1) is 8.34. The maximum absolute atomic E-state index is 11.9. The van der Waals surface area contributed by atoms with Crippen LogP contribution in [-0.4, -0.2) is 41.4 Å². The van der Waals surface area contributed by atoms with Crippen molar-refractivity contribution in [1.82, 2.24) is 4.90 Å². The molecule has 1 saturated heterocycles. The summed E-state index contributed by atoms with van der Waals surface area (Å²) in [6.07, 6.45) is 4.28. The van der Waals surface area contributed by atoms with E-state index in [0.717, 1.165) is 38.8 Å². The fourth-order valence-electron chi connectivity index (χ4n) is 3.01. The summed E-state index contributed by atoms with van der Waals surface area (Å²) < 4.78 is 5.36. The van der Waals surface area contributed by atoms with E-state index in [-0.39, 0.29) is 6.09 Å². The van der Waals surface area contributed by atoms with Crippen LogP contribution in [0.25, 0.3) is 0 Å². The molecule has 18 heavy (non-hydrogen) atoms. The third-order valence-electron chi connectivity index (χ3n) is 4.13. The minimum Gasteiger partial charge on any atom is -0.444 e. The summed E-state index contributed by atoms with van der Waals surface area (Å²) in [6, 6.07) is 0. The zero-order valence-electron chi connectivity index (χ0n) is 11.7. The summed E-state index contributed by atoms with van der Waals surface area (Å²) in [7, 11) is 0. The van der Waals surface area contributed by atoms with Crippen LogP contribution < -0.4 is 0 Å². The second-order valence-electron chi connectivity index (χ2n) is 6.96. The fourth-order valence-corrected chi connectivity index (χ4v) is 3.01. The third kappa shape index (κ3) is 2.97. The van der Waals surface area contributed by atoms with Crippen molar-refractivity contribution in [3.8, 4) is 0 Å². The number of amides is 1. The number of rotatable bonds is 1. The first-order valence-corrected chi connectivity index (χ1v) is 6.92. The number of likely N-dealkylation sites (tertiary alicyclic amines) is 1. The van der Waals surface area contributed by atoms with Crippen molar-refractivity contribution < 1.29 is 14.6 Å². The van der Waals surface area contributed by atoms with E-state index < -0.39 is 5.60 Å². The monoisotopic (exact) mass is 255 g/mol. The average Bonchev–Trinajstić information content (AvgIpc) is 2.23. The molecule has 1 N–H and O–H groups in total. The van der Waals surface area contributed by atoms with Gasteiger partial charge in [-0.1, -0.05) is 0 Å². The van der Waals surface area contributed by atoms with Gasteiger partial charge in [-0.25, -0.2) is 4.79 Å². The second kappa shape index (κ2) is 4.72. The van der Waals surface area contributed by atoms with E-state index in [1.807, 2.05) is 25.7 Å². The Balaban J connectivity index is 1.78. The van der Waals surface area contributed by atoms with Gasteiger partial charge in [0.1, 0.15) is 5.60 Å². The minimum atomic E-state index is -0.408. The molecule has 1 amide bonds. The highest BCUT2D eigenvalue weighted by Gasteiger charge is 2.47. The van der Waals surface area contributed by atoms with E-state index in [9.17, 15) is 4.79 Å². The fraction of sp³-hybridized carbons (Fsp3) is 0.929. The van der Waals surface area contributed by atoms with Crippen molar-refractivity contribution in [3.05, 3.63) is 0 Å². The Morgan fingerprint density at radius 1 is 1.33 bits per heavy atom. The predicted molar refractivity (Wildman–Crippen MR) is 69.3 cm³/mol. The van der Waals surface area contributed by atoms with Gasteiger partial charge >= 0.3 is 6.09 Å². The summed E-state index contributed by atoms with van der Waals surface area (Å²) in [5, 5.41) is 9.14. The number of carbonyl (C=O) groups excluding carboxylic acids is 1. The van der Waals surface area contributed by atoms with Crippen molar-refractivity contribution in [2.45, 2.75) is 52.1 Å². The Labute approximate surface area is 109 Å². The van der Waals surface area contributed by atoms with Crippen LogP contribution in [0.15, 0.2) is 0 Å². The van der Waals surface area contributed by atoms with Gasteiger partial charge < -0.3 is 14.7 Å². The van der Waals surface area contributed by atoms with Crippen LogP contribution in [0, 0.1) is 11.3 Å². The van der Waals surface area contributed by atoms with E-state index >= 15 is 0 Å². The van der Waals surface area contributed by atoms with E-state index in [4.69, 9.17) is 9.84 Å². The number of carbonyl (C=O) groups is 1. The Hall–Kier alpha value is -0.770. The molecule has 2 rings (SSSR count). The van der Waals surface area contributed by atoms with Crippen molar-refractivity contribution in [3.63, 3.8) is 0 Å². The quantitative estimate of drug-likeness (QED) is 0.782. The Bertz CT molecular complexity index is 305. The molecule has 0 bridgehead atoms. The van der Waals surface area contributed by atoms with Gasteiger partial charge in [0.15, 0.2) is 0 Å². The van der Waals surface area contributed by atoms with Crippen LogP contribution in [0.4, 0.5) is 4.79 Å². The van der Waals surface area contributed by atoms with Crippen LogP contribution in [0.3, 0.4) is 0 Å². The van der Waals surface area contributed by atoms with E-state index in [1.54, 1.807) is 0 Å². The lowest BCUT2D eigenvalue weighted by molar-refractivity contribution is -0.0570. The Morgan fingerprint density at radius 2 is 1.89 bits per heavy atom. The van der Waals surface area contributed by atoms with E-state index in [0.29, 0.717) is 17.9 Å². The van der Waals surface area contributed by atoms with Crippen LogP contribution in [0.5, 0.6) is 0 Å².